The average Bonchev–Trinajstić information content (AvgIpc) is 2.33. The van der Waals surface area contributed by atoms with E-state index in [1.54, 1.807) is 12.1 Å². The van der Waals surface area contributed by atoms with Crippen LogP contribution in [0.4, 0.5) is 5.69 Å². The molecule has 1 N–H and O–H groups in total. The van der Waals surface area contributed by atoms with Crippen LogP contribution in [0.1, 0.15) is 19.4 Å². The number of benzene rings is 1. The van der Waals surface area contributed by atoms with Gasteiger partial charge in [0, 0.05) is 37.8 Å². The first-order valence-corrected chi connectivity index (χ1v) is 7.08. The van der Waals surface area contributed by atoms with E-state index in [4.69, 9.17) is 0 Å². The van der Waals surface area contributed by atoms with E-state index >= 15 is 0 Å². The highest BCUT2D eigenvalue weighted by Gasteiger charge is 2.29. The summed E-state index contributed by atoms with van der Waals surface area (Å²) in [4.78, 5) is 13.0. The lowest BCUT2D eigenvalue weighted by Gasteiger charge is -2.42. The second kappa shape index (κ2) is 5.56. The molecule has 1 aliphatic rings. The van der Waals surface area contributed by atoms with Gasteiger partial charge in [0.1, 0.15) is 0 Å². The van der Waals surface area contributed by atoms with Crippen LogP contribution in [0, 0.1) is 10.1 Å². The number of hydrogen-bond donors (Lipinski definition) is 1. The van der Waals surface area contributed by atoms with Crippen molar-refractivity contribution in [3.63, 3.8) is 0 Å². The molecule has 0 aromatic heterocycles. The smallest absolute Gasteiger partial charge is 0.283 e. The highest BCUT2D eigenvalue weighted by molar-refractivity contribution is 9.10. The van der Waals surface area contributed by atoms with E-state index in [0.717, 1.165) is 31.7 Å². The van der Waals surface area contributed by atoms with Crippen molar-refractivity contribution in [2.45, 2.75) is 25.9 Å². The molecule has 6 heteroatoms. The summed E-state index contributed by atoms with van der Waals surface area (Å²) in [6, 6.07) is 5.35. The summed E-state index contributed by atoms with van der Waals surface area (Å²) >= 11 is 3.21. The fourth-order valence-electron chi connectivity index (χ4n) is 2.33. The number of hydrogen-bond acceptors (Lipinski definition) is 4. The monoisotopic (exact) mass is 327 g/mol. The maximum atomic E-state index is 10.9. The van der Waals surface area contributed by atoms with Crippen LogP contribution in [0.3, 0.4) is 0 Å². The second-order valence-corrected chi connectivity index (χ2v) is 6.31. The van der Waals surface area contributed by atoms with Gasteiger partial charge in [0.15, 0.2) is 0 Å². The molecule has 2 rings (SSSR count). The van der Waals surface area contributed by atoms with Crippen LogP contribution in [0.2, 0.25) is 0 Å². The Hall–Kier alpha value is -0.980. The molecule has 104 valence electrons. The minimum Gasteiger partial charge on any atom is -0.314 e. The molecule has 5 nitrogen and oxygen atoms in total. The van der Waals surface area contributed by atoms with Gasteiger partial charge in [0.2, 0.25) is 0 Å². The Labute approximate surface area is 121 Å². The van der Waals surface area contributed by atoms with Gasteiger partial charge in [-0.05, 0) is 41.4 Å². The Morgan fingerprint density at radius 1 is 1.53 bits per heavy atom. The predicted molar refractivity (Wildman–Crippen MR) is 78.2 cm³/mol. The standard InChI is InChI=1S/C13H18BrN3O2/c1-13(2)9-15-5-6-16(13)8-10-3-4-11(14)12(7-10)17(18)19/h3-4,7,15H,5-6,8-9H2,1-2H3. The third-order valence-electron chi connectivity index (χ3n) is 3.55. The number of halogens is 1. The highest BCUT2D eigenvalue weighted by atomic mass is 79.9. The Bertz CT molecular complexity index is 491. The Kier molecular flexibility index (Phi) is 4.23. The summed E-state index contributed by atoms with van der Waals surface area (Å²) in [5.41, 5.74) is 1.18. The van der Waals surface area contributed by atoms with Gasteiger partial charge in [-0.1, -0.05) is 6.07 Å². The van der Waals surface area contributed by atoms with Crippen LogP contribution in [0.5, 0.6) is 0 Å². The number of rotatable bonds is 3. The number of piperazine rings is 1. The average molecular weight is 328 g/mol. The van der Waals surface area contributed by atoms with Crippen molar-refractivity contribution < 1.29 is 4.92 Å². The van der Waals surface area contributed by atoms with Crippen molar-refractivity contribution >= 4 is 21.6 Å². The zero-order valence-corrected chi connectivity index (χ0v) is 12.7. The summed E-state index contributed by atoms with van der Waals surface area (Å²) < 4.78 is 0.529. The third-order valence-corrected chi connectivity index (χ3v) is 4.22. The first-order chi connectivity index (χ1) is 8.90. The van der Waals surface area contributed by atoms with Crippen LogP contribution in [-0.2, 0) is 6.54 Å². The molecule has 1 aliphatic heterocycles. The Morgan fingerprint density at radius 3 is 2.89 bits per heavy atom. The molecule has 0 spiro atoms. The normalized spacial score (nSPS) is 19.3. The molecule has 1 aromatic rings. The van der Waals surface area contributed by atoms with E-state index in [-0.39, 0.29) is 16.1 Å². The second-order valence-electron chi connectivity index (χ2n) is 5.45. The van der Waals surface area contributed by atoms with E-state index in [2.05, 4.69) is 40.0 Å². The molecular weight excluding hydrogens is 310 g/mol. The summed E-state index contributed by atoms with van der Waals surface area (Å²) in [6.45, 7) is 7.96. The maximum Gasteiger partial charge on any atom is 0.283 e. The Morgan fingerprint density at radius 2 is 2.26 bits per heavy atom. The van der Waals surface area contributed by atoms with Gasteiger partial charge in [0.25, 0.3) is 5.69 Å². The van der Waals surface area contributed by atoms with Crippen molar-refractivity contribution in [3.05, 3.63) is 38.3 Å². The van der Waals surface area contributed by atoms with Crippen molar-refractivity contribution in [2.75, 3.05) is 19.6 Å². The van der Waals surface area contributed by atoms with Gasteiger partial charge in [-0.3, -0.25) is 15.0 Å². The van der Waals surface area contributed by atoms with Crippen molar-refractivity contribution in [2.24, 2.45) is 0 Å². The lowest BCUT2D eigenvalue weighted by molar-refractivity contribution is -0.385. The van der Waals surface area contributed by atoms with Crippen molar-refractivity contribution in [3.8, 4) is 0 Å². The number of nitro benzene ring substituents is 1. The van der Waals surface area contributed by atoms with Gasteiger partial charge in [-0.15, -0.1) is 0 Å². The molecule has 0 atom stereocenters. The fraction of sp³-hybridized carbons (Fsp3) is 0.538. The first kappa shape index (κ1) is 14.4. The molecule has 0 aliphatic carbocycles. The minimum atomic E-state index is -0.351. The number of nitro groups is 1. The van der Waals surface area contributed by atoms with E-state index < -0.39 is 0 Å². The summed E-state index contributed by atoms with van der Waals surface area (Å²) in [7, 11) is 0. The largest absolute Gasteiger partial charge is 0.314 e. The SMILES string of the molecule is CC1(C)CNCCN1Cc1ccc(Br)c([N+](=O)[O-])c1. The van der Waals surface area contributed by atoms with E-state index in [1.807, 2.05) is 6.07 Å². The van der Waals surface area contributed by atoms with Crippen LogP contribution < -0.4 is 5.32 Å². The Balaban J connectivity index is 2.19. The number of nitrogens with zero attached hydrogens (tertiary/aromatic N) is 2. The van der Waals surface area contributed by atoms with Crippen molar-refractivity contribution in [1.82, 2.24) is 10.2 Å². The van der Waals surface area contributed by atoms with Gasteiger partial charge >= 0.3 is 0 Å². The highest BCUT2D eigenvalue weighted by Crippen LogP contribution is 2.27. The molecule has 1 aromatic carbocycles. The molecule has 0 saturated carbocycles. The molecule has 0 unspecified atom stereocenters. The van der Waals surface area contributed by atoms with E-state index in [9.17, 15) is 10.1 Å². The van der Waals surface area contributed by atoms with Crippen LogP contribution in [0.25, 0.3) is 0 Å². The molecular formula is C13H18BrN3O2. The van der Waals surface area contributed by atoms with E-state index in [1.165, 1.54) is 0 Å². The fourth-order valence-corrected chi connectivity index (χ4v) is 2.72. The van der Waals surface area contributed by atoms with Gasteiger partial charge < -0.3 is 5.32 Å². The summed E-state index contributed by atoms with van der Waals surface area (Å²) in [5, 5.41) is 14.3. The molecule has 1 heterocycles. The topological polar surface area (TPSA) is 58.4 Å². The lowest BCUT2D eigenvalue weighted by Crippen LogP contribution is -2.57. The predicted octanol–water partition coefficient (Wildman–Crippen LogP) is 2.54. The molecule has 1 fully saturated rings. The van der Waals surface area contributed by atoms with E-state index in [0.29, 0.717) is 4.47 Å². The molecule has 0 amide bonds. The zero-order chi connectivity index (χ0) is 14.0. The molecule has 0 radical (unpaired) electrons. The molecule has 19 heavy (non-hydrogen) atoms. The summed E-state index contributed by atoms with van der Waals surface area (Å²) in [6.07, 6.45) is 0. The lowest BCUT2D eigenvalue weighted by atomic mass is 9.99. The maximum absolute atomic E-state index is 10.9. The van der Waals surface area contributed by atoms with Crippen LogP contribution in [0.15, 0.2) is 22.7 Å². The van der Waals surface area contributed by atoms with Crippen LogP contribution in [-0.4, -0.2) is 35.0 Å². The molecule has 0 bridgehead atoms. The van der Waals surface area contributed by atoms with Crippen molar-refractivity contribution in [1.29, 1.82) is 0 Å². The van der Waals surface area contributed by atoms with Gasteiger partial charge in [-0.25, -0.2) is 0 Å². The molecule has 1 saturated heterocycles. The van der Waals surface area contributed by atoms with Gasteiger partial charge in [0.05, 0.1) is 9.40 Å². The first-order valence-electron chi connectivity index (χ1n) is 6.29. The van der Waals surface area contributed by atoms with Crippen LogP contribution >= 0.6 is 15.9 Å². The number of nitrogens with one attached hydrogen (secondary N) is 1. The quantitative estimate of drug-likeness (QED) is 0.684. The van der Waals surface area contributed by atoms with Gasteiger partial charge in [-0.2, -0.15) is 0 Å². The summed E-state index contributed by atoms with van der Waals surface area (Å²) in [5.74, 6) is 0. The third kappa shape index (κ3) is 3.32. The minimum absolute atomic E-state index is 0.0695. The zero-order valence-electron chi connectivity index (χ0n) is 11.1.